The molecule has 1 saturated heterocycles. The molecule has 0 radical (unpaired) electrons. The maximum atomic E-state index is 12.8. The normalized spacial score (nSPS) is 18.2. The molecule has 1 atom stereocenters. The van der Waals surface area contributed by atoms with E-state index >= 15 is 0 Å². The average Bonchev–Trinajstić information content (AvgIpc) is 3.02. The summed E-state index contributed by atoms with van der Waals surface area (Å²) in [5.41, 5.74) is 7.90. The Bertz CT molecular complexity index is 794. The van der Waals surface area contributed by atoms with Gasteiger partial charge in [0.05, 0.1) is 30.7 Å². The number of fused-ring (bicyclic) bond motifs is 1. The van der Waals surface area contributed by atoms with Crippen LogP contribution in [0.3, 0.4) is 0 Å². The number of hydrogen-bond acceptors (Lipinski definition) is 5. The number of piperidine rings is 1. The number of carbonyl (C=O) groups is 1. The summed E-state index contributed by atoms with van der Waals surface area (Å²) in [6, 6.07) is 3.78. The van der Waals surface area contributed by atoms with Gasteiger partial charge in [0.1, 0.15) is 17.2 Å². The molecule has 1 aliphatic heterocycles. The van der Waals surface area contributed by atoms with Crippen molar-refractivity contribution < 1.29 is 14.3 Å². The van der Waals surface area contributed by atoms with E-state index in [-0.39, 0.29) is 12.1 Å². The molecule has 3 N–H and O–H groups in total. The van der Waals surface area contributed by atoms with E-state index in [2.05, 4.69) is 9.97 Å². The lowest BCUT2D eigenvalue weighted by Crippen LogP contribution is -2.41. The molecular weight excluding hydrogens is 332 g/mol. The highest BCUT2D eigenvalue weighted by Gasteiger charge is 2.33. The molecule has 1 aromatic heterocycles. The molecule has 0 saturated carbocycles. The van der Waals surface area contributed by atoms with E-state index in [1.54, 1.807) is 7.11 Å². The summed E-state index contributed by atoms with van der Waals surface area (Å²) in [6.45, 7) is 6.65. The fourth-order valence-electron chi connectivity index (χ4n) is 3.43. The zero-order valence-corrected chi connectivity index (χ0v) is 16.0. The molecule has 1 unspecified atom stereocenters. The quantitative estimate of drug-likeness (QED) is 0.874. The van der Waals surface area contributed by atoms with Crippen LogP contribution in [0.15, 0.2) is 12.1 Å². The van der Waals surface area contributed by atoms with Crippen LogP contribution < -0.4 is 10.5 Å². The predicted octanol–water partition coefficient (Wildman–Crippen LogP) is 3.49. The first-order valence-electron chi connectivity index (χ1n) is 9.08. The largest absolute Gasteiger partial charge is 0.497 e. The summed E-state index contributed by atoms with van der Waals surface area (Å²) in [6.07, 6.45) is 2.61. The third-order valence-corrected chi connectivity index (χ3v) is 4.56. The number of nitrogens with one attached hydrogen (secondary N) is 1. The van der Waals surface area contributed by atoms with Crippen LogP contribution in [-0.2, 0) is 11.3 Å². The van der Waals surface area contributed by atoms with Crippen molar-refractivity contribution in [2.24, 2.45) is 5.73 Å². The molecule has 7 nitrogen and oxygen atoms in total. The number of methoxy groups -OCH3 is 1. The van der Waals surface area contributed by atoms with Crippen LogP contribution in [0, 0.1) is 0 Å². The van der Waals surface area contributed by atoms with E-state index < -0.39 is 5.60 Å². The molecule has 26 heavy (non-hydrogen) atoms. The zero-order chi connectivity index (χ0) is 18.9. The van der Waals surface area contributed by atoms with Gasteiger partial charge in [-0.25, -0.2) is 9.78 Å². The zero-order valence-electron chi connectivity index (χ0n) is 16.0. The number of hydrogen-bond donors (Lipinski definition) is 2. The molecule has 1 aromatic carbocycles. The molecule has 3 rings (SSSR count). The number of nitrogens with two attached hydrogens (primary N) is 1. The second-order valence-electron chi connectivity index (χ2n) is 7.69. The van der Waals surface area contributed by atoms with E-state index in [1.807, 2.05) is 37.8 Å². The van der Waals surface area contributed by atoms with Gasteiger partial charge in [-0.05, 0) is 46.1 Å². The molecule has 0 bridgehead atoms. The summed E-state index contributed by atoms with van der Waals surface area (Å²) in [7, 11) is 1.64. The molecule has 1 amide bonds. The van der Waals surface area contributed by atoms with E-state index in [0.717, 1.165) is 41.6 Å². The predicted molar refractivity (Wildman–Crippen MR) is 100 cm³/mol. The third-order valence-electron chi connectivity index (χ3n) is 4.56. The average molecular weight is 360 g/mol. The highest BCUT2D eigenvalue weighted by molar-refractivity contribution is 5.82. The SMILES string of the molecule is COc1cc(C2CCCCN2C(=O)OC(C)(C)C)c2nc(CN)[nH]c2c1. The number of benzene rings is 1. The van der Waals surface area contributed by atoms with E-state index in [9.17, 15) is 4.79 Å². The van der Waals surface area contributed by atoms with Crippen molar-refractivity contribution >= 4 is 17.1 Å². The minimum absolute atomic E-state index is 0.0925. The fourth-order valence-corrected chi connectivity index (χ4v) is 3.43. The first-order valence-corrected chi connectivity index (χ1v) is 9.08. The van der Waals surface area contributed by atoms with Crippen molar-refractivity contribution in [3.05, 3.63) is 23.5 Å². The Hall–Kier alpha value is -2.28. The molecule has 0 aliphatic carbocycles. The third kappa shape index (κ3) is 3.77. The number of carbonyl (C=O) groups excluding carboxylic acids is 1. The minimum atomic E-state index is -0.526. The second-order valence-corrected chi connectivity index (χ2v) is 7.69. The monoisotopic (exact) mass is 360 g/mol. The Morgan fingerprint density at radius 3 is 2.81 bits per heavy atom. The molecule has 0 spiro atoms. The van der Waals surface area contributed by atoms with Gasteiger partial charge in [-0.2, -0.15) is 0 Å². The fraction of sp³-hybridized carbons (Fsp3) is 0.579. The lowest BCUT2D eigenvalue weighted by Gasteiger charge is -2.37. The topological polar surface area (TPSA) is 93.5 Å². The summed E-state index contributed by atoms with van der Waals surface area (Å²) in [5, 5.41) is 0. The number of imidazole rings is 1. The highest BCUT2D eigenvalue weighted by atomic mass is 16.6. The van der Waals surface area contributed by atoms with E-state index in [1.165, 1.54) is 0 Å². The second kappa shape index (κ2) is 7.15. The Kier molecular flexibility index (Phi) is 5.09. The highest BCUT2D eigenvalue weighted by Crippen LogP contribution is 2.37. The molecule has 1 aliphatic rings. The van der Waals surface area contributed by atoms with Crippen LogP contribution in [-0.4, -0.2) is 40.2 Å². The van der Waals surface area contributed by atoms with Crippen LogP contribution >= 0.6 is 0 Å². The number of rotatable bonds is 3. The van der Waals surface area contributed by atoms with Crippen LogP contribution in [0.2, 0.25) is 0 Å². The lowest BCUT2D eigenvalue weighted by atomic mass is 9.94. The number of H-pyrrole nitrogens is 1. The Labute approximate surface area is 153 Å². The number of likely N-dealkylation sites (tertiary alicyclic amines) is 1. The van der Waals surface area contributed by atoms with E-state index in [4.69, 9.17) is 15.2 Å². The summed E-state index contributed by atoms with van der Waals surface area (Å²) >= 11 is 0. The van der Waals surface area contributed by atoms with Gasteiger partial charge in [-0.15, -0.1) is 0 Å². The van der Waals surface area contributed by atoms with Gasteiger partial charge in [0, 0.05) is 18.2 Å². The van der Waals surface area contributed by atoms with Crippen molar-refractivity contribution in [1.29, 1.82) is 0 Å². The Morgan fingerprint density at radius 1 is 1.38 bits per heavy atom. The molecule has 2 aromatic rings. The minimum Gasteiger partial charge on any atom is -0.497 e. The van der Waals surface area contributed by atoms with Crippen molar-refractivity contribution in [3.8, 4) is 5.75 Å². The van der Waals surface area contributed by atoms with Crippen molar-refractivity contribution in [3.63, 3.8) is 0 Å². The molecular formula is C19H28N4O3. The van der Waals surface area contributed by atoms with Crippen molar-refractivity contribution in [2.75, 3.05) is 13.7 Å². The van der Waals surface area contributed by atoms with Gasteiger partial charge in [0.25, 0.3) is 0 Å². The molecule has 142 valence electrons. The van der Waals surface area contributed by atoms with Gasteiger partial charge in [0.15, 0.2) is 0 Å². The maximum absolute atomic E-state index is 12.8. The van der Waals surface area contributed by atoms with Crippen molar-refractivity contribution in [2.45, 2.75) is 58.2 Å². The van der Waals surface area contributed by atoms with Crippen LogP contribution in [0.4, 0.5) is 4.79 Å². The summed E-state index contributed by atoms with van der Waals surface area (Å²) in [4.78, 5) is 22.5. The molecule has 7 heteroatoms. The summed E-state index contributed by atoms with van der Waals surface area (Å²) in [5.74, 6) is 1.45. The summed E-state index contributed by atoms with van der Waals surface area (Å²) < 4.78 is 11.1. The van der Waals surface area contributed by atoms with Gasteiger partial charge < -0.3 is 25.1 Å². The number of aromatic nitrogens is 2. The Balaban J connectivity index is 2.04. The number of aromatic amines is 1. The Morgan fingerprint density at radius 2 is 2.15 bits per heavy atom. The van der Waals surface area contributed by atoms with E-state index in [0.29, 0.717) is 18.9 Å². The number of amides is 1. The smallest absolute Gasteiger partial charge is 0.410 e. The first kappa shape index (κ1) is 18.5. The number of nitrogens with zero attached hydrogens (tertiary/aromatic N) is 2. The number of ether oxygens (including phenoxy) is 2. The molecule has 1 fully saturated rings. The van der Waals surface area contributed by atoms with Crippen LogP contribution in [0.25, 0.3) is 11.0 Å². The van der Waals surface area contributed by atoms with Crippen molar-refractivity contribution in [1.82, 2.24) is 14.9 Å². The first-order chi connectivity index (χ1) is 12.3. The van der Waals surface area contributed by atoms with Crippen LogP contribution in [0.1, 0.15) is 57.5 Å². The maximum Gasteiger partial charge on any atom is 0.410 e. The lowest BCUT2D eigenvalue weighted by molar-refractivity contribution is 0.00965. The van der Waals surface area contributed by atoms with Gasteiger partial charge in [-0.3, -0.25) is 0 Å². The van der Waals surface area contributed by atoms with Gasteiger partial charge in [0.2, 0.25) is 0 Å². The van der Waals surface area contributed by atoms with Gasteiger partial charge in [-0.1, -0.05) is 0 Å². The standard InChI is InChI=1S/C19H28N4O3/c1-19(2,3)26-18(24)23-8-6-5-7-15(23)13-9-12(25-4)10-14-17(13)22-16(11-20)21-14/h9-10,15H,5-8,11,20H2,1-4H3,(H,21,22). The molecule has 2 heterocycles. The van der Waals surface area contributed by atoms with Crippen LogP contribution in [0.5, 0.6) is 5.75 Å². The van der Waals surface area contributed by atoms with Gasteiger partial charge >= 0.3 is 6.09 Å².